The Kier molecular flexibility index (Phi) is 7.80. The molecule has 5 aliphatic rings. The van der Waals surface area contributed by atoms with Crippen LogP contribution in [0.5, 0.6) is 5.75 Å². The zero-order chi connectivity index (χ0) is 21.4. The van der Waals surface area contributed by atoms with Gasteiger partial charge in [0.1, 0.15) is 5.75 Å². The van der Waals surface area contributed by atoms with Gasteiger partial charge in [-0.15, -0.1) is 0 Å². The van der Waals surface area contributed by atoms with Crippen LogP contribution in [0.4, 0.5) is 0 Å². The molecular formula is C29H32FeO2+2. The molecule has 166 valence electrons. The van der Waals surface area contributed by atoms with E-state index in [0.29, 0.717) is 23.5 Å². The molecule has 0 heterocycles. The molecule has 4 fully saturated rings. The maximum Gasteiger partial charge on any atom is 2.00 e. The van der Waals surface area contributed by atoms with Crippen LogP contribution >= 0.6 is 0 Å². The van der Waals surface area contributed by atoms with Crippen molar-refractivity contribution in [3.05, 3.63) is 105 Å². The number of benzene rings is 1. The molecule has 2 nitrogen and oxygen atoms in total. The van der Waals surface area contributed by atoms with E-state index in [9.17, 15) is 10.2 Å². The maximum atomic E-state index is 11.2. The van der Waals surface area contributed by atoms with Gasteiger partial charge in [-0.25, -0.2) is 0 Å². The Morgan fingerprint density at radius 3 is 2.34 bits per heavy atom. The third-order valence-electron chi connectivity index (χ3n) is 8.18. The molecule has 32 heavy (non-hydrogen) atoms. The number of aliphatic hydroxyl groups excluding tert-OH is 1. The van der Waals surface area contributed by atoms with Crippen LogP contribution < -0.4 is 0 Å². The molecule has 0 aliphatic heterocycles. The van der Waals surface area contributed by atoms with Gasteiger partial charge in [-0.2, -0.15) is 0 Å². The van der Waals surface area contributed by atoms with E-state index in [1.807, 2.05) is 44.2 Å². The molecule has 6 rings (SSSR count). The number of phenolic OH excluding ortho intramolecular Hbond substituents is 1. The predicted octanol–water partition coefficient (Wildman–Crippen LogP) is 5.57. The molecule has 0 amide bonds. The van der Waals surface area contributed by atoms with Gasteiger partial charge in [0.2, 0.25) is 0 Å². The first-order chi connectivity index (χ1) is 15.1. The topological polar surface area (TPSA) is 40.5 Å². The largest absolute Gasteiger partial charge is 2.00 e. The predicted molar refractivity (Wildman–Crippen MR) is 124 cm³/mol. The van der Waals surface area contributed by atoms with E-state index in [4.69, 9.17) is 0 Å². The molecule has 0 spiro atoms. The smallest absolute Gasteiger partial charge is 0.508 e. The summed E-state index contributed by atoms with van der Waals surface area (Å²) in [4.78, 5) is 0. The number of aromatic hydroxyl groups is 1. The standard InChI is InChI=1S/C24H27O2.C5H5.Fe/c1-24-11-10-20-19-9-7-18(25)13-16(19)6-8-21(20)22(24)14-17(23(24)26)12-15-4-2-3-5-15;1-2-4-5-3-1;/h2-5,7,9,12-13,20-23,25-26H,6,8,10-11,14H2,1H3;1-5H;/q;;+2/b17-12+;;/t20-,21-,22+,23?,24+;;/m1../s1. The van der Waals surface area contributed by atoms with E-state index in [1.165, 1.54) is 29.0 Å². The third kappa shape index (κ3) is 4.59. The van der Waals surface area contributed by atoms with Crippen LogP contribution in [-0.2, 0) is 23.5 Å². The zero-order valence-electron chi connectivity index (χ0n) is 18.6. The van der Waals surface area contributed by atoms with E-state index in [-0.39, 0.29) is 28.6 Å². The van der Waals surface area contributed by atoms with Gasteiger partial charge in [-0.3, -0.25) is 0 Å². The van der Waals surface area contributed by atoms with Crippen molar-refractivity contribution in [3.8, 4) is 5.75 Å². The summed E-state index contributed by atoms with van der Waals surface area (Å²) in [6.45, 7) is 2.32. The summed E-state index contributed by atoms with van der Waals surface area (Å²) in [7, 11) is 0. The Hall–Kier alpha value is -0.761. The first-order valence-corrected chi connectivity index (χ1v) is 11.6. The van der Waals surface area contributed by atoms with Crippen molar-refractivity contribution in [2.24, 2.45) is 17.3 Å². The summed E-state index contributed by atoms with van der Waals surface area (Å²) >= 11 is 0. The number of hydrogen-bond acceptors (Lipinski definition) is 2. The van der Waals surface area contributed by atoms with Crippen molar-refractivity contribution >= 4 is 0 Å². The molecular weight excluding hydrogens is 436 g/mol. The van der Waals surface area contributed by atoms with Crippen LogP contribution in [-0.4, -0.2) is 16.3 Å². The Balaban J connectivity index is 0.000000363. The fourth-order valence-electron chi connectivity index (χ4n) is 6.59. The summed E-state index contributed by atoms with van der Waals surface area (Å²) in [6, 6.07) is 5.96. The van der Waals surface area contributed by atoms with Crippen LogP contribution in [0.25, 0.3) is 0 Å². The fourth-order valence-corrected chi connectivity index (χ4v) is 6.59. The van der Waals surface area contributed by atoms with Crippen LogP contribution in [0.15, 0.2) is 29.8 Å². The number of fused-ring (bicyclic) bond motifs is 5. The summed E-state index contributed by atoms with van der Waals surface area (Å²) < 4.78 is 0. The maximum absolute atomic E-state index is 11.2. The van der Waals surface area contributed by atoms with E-state index >= 15 is 0 Å². The second-order valence-electron chi connectivity index (χ2n) is 9.85. The number of hydrogen-bond donors (Lipinski definition) is 2. The fraction of sp³-hybridized carbons (Fsp3) is 0.379. The van der Waals surface area contributed by atoms with Crippen molar-refractivity contribution in [2.45, 2.75) is 51.0 Å². The Labute approximate surface area is 205 Å². The van der Waals surface area contributed by atoms with E-state index in [1.54, 1.807) is 0 Å². The molecule has 2 N–H and O–H groups in total. The first kappa shape index (κ1) is 24.4. The quantitative estimate of drug-likeness (QED) is 0.529. The second kappa shape index (κ2) is 10.2. The van der Waals surface area contributed by atoms with Gasteiger partial charge in [-0.1, -0.05) is 19.1 Å². The minimum absolute atomic E-state index is 0. The average Bonchev–Trinajstić information content (AvgIpc) is 3.54. The number of aliphatic hydroxyl groups is 1. The third-order valence-corrected chi connectivity index (χ3v) is 8.18. The SMILES string of the molecule is C[C@]12CC[C@@H]3c4ccc(O)cc4CC[C@H]3[C@@H]1C/C(=C\[C]1[CH][CH][CH][CH]1)C2O.[CH]1[CH][CH][CH][CH]1.[Fe+2]. The van der Waals surface area contributed by atoms with Crippen molar-refractivity contribution in [2.75, 3.05) is 0 Å². The summed E-state index contributed by atoms with van der Waals surface area (Å²) in [5.74, 6) is 3.38. The molecule has 1 aromatic carbocycles. The van der Waals surface area contributed by atoms with Crippen LogP contribution in [0, 0.1) is 81.0 Å². The average molecular weight is 468 g/mol. The molecule has 0 bridgehead atoms. The van der Waals surface area contributed by atoms with Crippen molar-refractivity contribution < 1.29 is 27.3 Å². The minimum Gasteiger partial charge on any atom is -0.508 e. The number of aryl methyl sites for hydroxylation is 1. The molecule has 5 atom stereocenters. The minimum atomic E-state index is -0.315. The van der Waals surface area contributed by atoms with Crippen LogP contribution in [0.2, 0.25) is 0 Å². The molecule has 1 aromatic rings. The van der Waals surface area contributed by atoms with Crippen molar-refractivity contribution in [1.82, 2.24) is 0 Å². The van der Waals surface area contributed by atoms with Gasteiger partial charge >= 0.3 is 17.1 Å². The van der Waals surface area contributed by atoms with E-state index < -0.39 is 0 Å². The van der Waals surface area contributed by atoms with Gasteiger partial charge < -0.3 is 10.2 Å². The summed E-state index contributed by atoms with van der Waals surface area (Å²) in [5.41, 5.74) is 4.01. The van der Waals surface area contributed by atoms with Gasteiger partial charge in [0.05, 0.1) is 6.10 Å². The van der Waals surface area contributed by atoms with E-state index in [0.717, 1.165) is 25.7 Å². The van der Waals surface area contributed by atoms with Crippen molar-refractivity contribution in [3.63, 3.8) is 0 Å². The molecule has 3 heteroatoms. The molecule has 10 radical (unpaired) electrons. The summed E-state index contributed by atoms with van der Waals surface area (Å²) in [6.07, 6.45) is 25.8. The van der Waals surface area contributed by atoms with Crippen LogP contribution in [0.1, 0.15) is 49.7 Å². The Morgan fingerprint density at radius 1 is 0.969 bits per heavy atom. The monoisotopic (exact) mass is 468 g/mol. The molecule has 4 saturated carbocycles. The number of rotatable bonds is 1. The Morgan fingerprint density at radius 2 is 1.66 bits per heavy atom. The molecule has 0 aromatic heterocycles. The van der Waals surface area contributed by atoms with Crippen molar-refractivity contribution in [1.29, 1.82) is 0 Å². The van der Waals surface area contributed by atoms with Gasteiger partial charge in [0, 0.05) is 11.3 Å². The zero-order valence-corrected chi connectivity index (χ0v) is 19.7. The first-order valence-electron chi connectivity index (χ1n) is 11.6. The number of allylic oxidation sites excluding steroid dienone is 1. The van der Waals surface area contributed by atoms with Gasteiger partial charge in [0.25, 0.3) is 0 Å². The normalized spacial score (nSPS) is 37.1. The molecule has 5 aliphatic carbocycles. The summed E-state index contributed by atoms with van der Waals surface area (Å²) in [5, 5.41) is 21.0. The number of phenols is 1. The molecule has 1 unspecified atom stereocenters. The van der Waals surface area contributed by atoms with Crippen LogP contribution in [0.3, 0.4) is 0 Å². The molecule has 0 saturated heterocycles. The second-order valence-corrected chi connectivity index (χ2v) is 9.85. The van der Waals surface area contributed by atoms with Gasteiger partial charge in [0.15, 0.2) is 0 Å². The Bertz CT molecular complexity index is 800. The van der Waals surface area contributed by atoms with E-state index in [2.05, 4.69) is 44.7 Å². The van der Waals surface area contributed by atoms with Gasteiger partial charge in [-0.05, 0) is 136 Å².